The summed E-state index contributed by atoms with van der Waals surface area (Å²) in [6, 6.07) is 19.5. The van der Waals surface area contributed by atoms with Crippen LogP contribution < -0.4 is 19.5 Å². The summed E-state index contributed by atoms with van der Waals surface area (Å²) >= 11 is 6.10. The first-order valence-electron chi connectivity index (χ1n) is 13.8. The number of amides is 2. The highest BCUT2D eigenvalue weighted by atomic mass is 35.5. The van der Waals surface area contributed by atoms with Crippen molar-refractivity contribution < 1.29 is 28.5 Å². The molecule has 1 aliphatic rings. The van der Waals surface area contributed by atoms with Gasteiger partial charge in [-0.15, -0.1) is 0 Å². The third-order valence-corrected chi connectivity index (χ3v) is 7.38. The maximum absolute atomic E-state index is 13.6. The molecule has 1 atom stereocenters. The second-order valence-corrected chi connectivity index (χ2v) is 10.4. The van der Waals surface area contributed by atoms with Crippen LogP contribution in [0.15, 0.2) is 72.9 Å². The number of rotatable bonds is 11. The highest BCUT2D eigenvalue weighted by Crippen LogP contribution is 2.32. The summed E-state index contributed by atoms with van der Waals surface area (Å²) in [5.41, 5.74) is 2.53. The van der Waals surface area contributed by atoms with Gasteiger partial charge < -0.3 is 23.8 Å². The number of methoxy groups -OCH3 is 3. The van der Waals surface area contributed by atoms with Crippen molar-refractivity contribution in [2.75, 3.05) is 46.3 Å². The normalized spacial score (nSPS) is 14.3. The van der Waals surface area contributed by atoms with Crippen LogP contribution in [0.4, 0.5) is 5.95 Å². The van der Waals surface area contributed by atoms with Gasteiger partial charge in [0.25, 0.3) is 5.91 Å². The van der Waals surface area contributed by atoms with Gasteiger partial charge in [0.05, 0.1) is 38.8 Å². The smallest absolute Gasteiger partial charge is 0.254 e. The Bertz CT molecular complexity index is 1580. The summed E-state index contributed by atoms with van der Waals surface area (Å²) in [5.74, 6) is 1.20. The molecule has 0 aliphatic carbocycles. The first kappa shape index (κ1) is 29.9. The number of carbonyl (C=O) groups is 2. The van der Waals surface area contributed by atoms with Crippen LogP contribution in [0.5, 0.6) is 17.2 Å². The van der Waals surface area contributed by atoms with E-state index in [9.17, 15) is 9.59 Å². The minimum absolute atomic E-state index is 0.146. The largest absolute Gasteiger partial charge is 0.497 e. The van der Waals surface area contributed by atoms with Crippen molar-refractivity contribution >= 4 is 29.4 Å². The number of halogens is 1. The molecule has 2 heterocycles. The summed E-state index contributed by atoms with van der Waals surface area (Å²) in [6.45, 7) is 0.711. The number of anilines is 1. The van der Waals surface area contributed by atoms with Crippen LogP contribution in [0.25, 0.3) is 16.9 Å². The predicted octanol–water partition coefficient (Wildman–Crippen LogP) is 5.48. The summed E-state index contributed by atoms with van der Waals surface area (Å²) in [6.07, 6.45) is 3.39. The van der Waals surface area contributed by atoms with Crippen molar-refractivity contribution in [1.29, 1.82) is 0 Å². The van der Waals surface area contributed by atoms with Gasteiger partial charge >= 0.3 is 0 Å². The first-order chi connectivity index (χ1) is 20.9. The van der Waals surface area contributed by atoms with Crippen molar-refractivity contribution in [3.05, 3.63) is 83.5 Å². The highest BCUT2D eigenvalue weighted by molar-refractivity contribution is 6.30. The fourth-order valence-electron chi connectivity index (χ4n) is 4.93. The molecule has 0 radical (unpaired) electrons. The minimum Gasteiger partial charge on any atom is -0.497 e. The van der Waals surface area contributed by atoms with Gasteiger partial charge in [0.2, 0.25) is 11.9 Å². The van der Waals surface area contributed by atoms with E-state index < -0.39 is 5.91 Å². The van der Waals surface area contributed by atoms with E-state index in [1.54, 1.807) is 74.4 Å². The van der Waals surface area contributed by atoms with Crippen molar-refractivity contribution in [3.63, 3.8) is 0 Å². The molecule has 1 fully saturated rings. The third-order valence-electron chi connectivity index (χ3n) is 7.13. The van der Waals surface area contributed by atoms with Crippen LogP contribution in [0.1, 0.15) is 23.2 Å². The zero-order valence-electron chi connectivity index (χ0n) is 24.2. The molecule has 0 saturated carbocycles. The molecule has 5 rings (SSSR count). The van der Waals surface area contributed by atoms with Crippen molar-refractivity contribution in [2.45, 2.75) is 18.9 Å². The van der Waals surface area contributed by atoms with Crippen LogP contribution in [0.2, 0.25) is 5.02 Å². The van der Waals surface area contributed by atoms with Gasteiger partial charge in [-0.05, 0) is 55.3 Å². The molecule has 1 aromatic heterocycles. The van der Waals surface area contributed by atoms with Gasteiger partial charge in [-0.2, -0.15) is 0 Å². The van der Waals surface area contributed by atoms with Gasteiger partial charge in [-0.3, -0.25) is 19.5 Å². The Hall–Kier alpha value is -4.54. The van der Waals surface area contributed by atoms with E-state index in [1.165, 1.54) is 4.90 Å². The van der Waals surface area contributed by atoms with Crippen LogP contribution in [-0.2, 0) is 9.53 Å². The molecule has 1 aliphatic heterocycles. The number of aromatic nitrogens is 2. The number of nitrogens with one attached hydrogen (secondary N) is 1. The molecule has 1 saturated heterocycles. The lowest BCUT2D eigenvalue weighted by Crippen LogP contribution is -2.42. The Labute approximate surface area is 255 Å². The van der Waals surface area contributed by atoms with Gasteiger partial charge in [0.15, 0.2) is 11.5 Å². The number of nitrogens with zero attached hydrogens (tertiary/aromatic N) is 3. The lowest BCUT2D eigenvalue weighted by atomic mass is 10.1. The topological polar surface area (TPSA) is 104 Å². The molecule has 0 bridgehead atoms. The molecule has 3 aromatic carbocycles. The maximum Gasteiger partial charge on any atom is 0.254 e. The quantitative estimate of drug-likeness (QED) is 0.242. The first-order valence-corrected chi connectivity index (χ1v) is 14.2. The lowest BCUT2D eigenvalue weighted by molar-refractivity contribution is -0.117. The van der Waals surface area contributed by atoms with Gasteiger partial charge in [-0.25, -0.2) is 4.98 Å². The number of benzene rings is 3. The van der Waals surface area contributed by atoms with Crippen LogP contribution in [0, 0.1) is 0 Å². The third kappa shape index (κ3) is 7.10. The summed E-state index contributed by atoms with van der Waals surface area (Å²) in [7, 11) is 4.66. The fourth-order valence-corrected chi connectivity index (χ4v) is 5.06. The maximum atomic E-state index is 13.6. The Balaban J connectivity index is 1.45. The monoisotopic (exact) mass is 604 g/mol. The number of carbonyl (C=O) groups excluding carboxylic acids is 2. The molecule has 11 heteroatoms. The minimum atomic E-state index is -0.413. The number of ether oxygens (including phenoxy) is 4. The Kier molecular flexibility index (Phi) is 9.48. The molecule has 4 aromatic rings. The lowest BCUT2D eigenvalue weighted by Gasteiger charge is -2.25. The van der Waals surface area contributed by atoms with E-state index in [1.807, 2.05) is 24.4 Å². The van der Waals surface area contributed by atoms with Crippen LogP contribution >= 0.6 is 11.6 Å². The van der Waals surface area contributed by atoms with Crippen LogP contribution in [-0.4, -0.2) is 73.4 Å². The molecule has 224 valence electrons. The van der Waals surface area contributed by atoms with E-state index in [-0.39, 0.29) is 31.0 Å². The number of imidazole rings is 1. The van der Waals surface area contributed by atoms with Gasteiger partial charge in [-0.1, -0.05) is 29.8 Å². The zero-order chi connectivity index (χ0) is 30.3. The standard InChI is InChI=1S/C32H33ClN4O6/c1-40-25-7-4-6-22(16-25)31(39)36(18-26-8-5-15-43-26)20-30(38)35-32-34-27(21-9-11-23(33)12-10-21)19-37(32)24-13-14-28(41-2)29(17-24)42-3/h4,6-7,9-14,16-17,19,26H,5,8,15,18,20H2,1-3H3,(H,34,35,38)/t26-/m0/s1. The average Bonchev–Trinajstić information content (AvgIpc) is 3.70. The van der Waals surface area contributed by atoms with Gasteiger partial charge in [0.1, 0.15) is 12.3 Å². The Morgan fingerprint density at radius 3 is 2.51 bits per heavy atom. The SMILES string of the molecule is COc1cccc(C(=O)N(CC(=O)Nc2nc(-c3ccc(Cl)cc3)cn2-c2ccc(OC)c(OC)c2)C[C@@H]2CCCO2)c1. The van der Waals surface area contributed by atoms with Crippen molar-refractivity contribution in [2.24, 2.45) is 0 Å². The molecule has 10 nitrogen and oxygen atoms in total. The fraction of sp³-hybridized carbons (Fsp3) is 0.281. The van der Waals surface area contributed by atoms with Crippen LogP contribution in [0.3, 0.4) is 0 Å². The van der Waals surface area contributed by atoms with Crippen molar-refractivity contribution in [3.8, 4) is 34.2 Å². The number of hydrogen-bond donors (Lipinski definition) is 1. The highest BCUT2D eigenvalue weighted by Gasteiger charge is 2.26. The molecular weight excluding hydrogens is 572 g/mol. The predicted molar refractivity (Wildman–Crippen MR) is 164 cm³/mol. The molecular formula is C32H33ClN4O6. The summed E-state index contributed by atoms with van der Waals surface area (Å²) < 4.78 is 23.7. The van der Waals surface area contributed by atoms with E-state index in [0.717, 1.165) is 18.4 Å². The van der Waals surface area contributed by atoms with E-state index in [4.69, 9.17) is 35.5 Å². The molecule has 43 heavy (non-hydrogen) atoms. The van der Waals surface area contributed by atoms with Crippen molar-refractivity contribution in [1.82, 2.24) is 14.5 Å². The van der Waals surface area contributed by atoms with E-state index in [2.05, 4.69) is 5.32 Å². The average molecular weight is 605 g/mol. The van der Waals surface area contributed by atoms with E-state index >= 15 is 0 Å². The summed E-state index contributed by atoms with van der Waals surface area (Å²) in [5, 5.41) is 3.52. The Morgan fingerprint density at radius 1 is 1.02 bits per heavy atom. The summed E-state index contributed by atoms with van der Waals surface area (Å²) in [4.78, 5) is 33.4. The van der Waals surface area contributed by atoms with E-state index in [0.29, 0.717) is 45.8 Å². The zero-order valence-corrected chi connectivity index (χ0v) is 25.0. The second-order valence-electron chi connectivity index (χ2n) is 9.97. The number of hydrogen-bond acceptors (Lipinski definition) is 7. The molecule has 1 N–H and O–H groups in total. The molecule has 2 amide bonds. The second kappa shape index (κ2) is 13.6. The Morgan fingerprint density at radius 2 is 1.81 bits per heavy atom. The molecule has 0 spiro atoms. The van der Waals surface area contributed by atoms with Gasteiger partial charge in [0, 0.05) is 41.6 Å². The molecule has 0 unspecified atom stereocenters.